The van der Waals surface area contributed by atoms with Gasteiger partial charge in [0.15, 0.2) is 0 Å². The van der Waals surface area contributed by atoms with Gasteiger partial charge in [-0.2, -0.15) is 4.37 Å². The number of hydrogen-bond donors (Lipinski definition) is 2. The Balaban J connectivity index is 1.62. The summed E-state index contributed by atoms with van der Waals surface area (Å²) in [6, 6.07) is 11.8. The molecule has 1 heterocycles. The molecule has 1 atom stereocenters. The van der Waals surface area contributed by atoms with Crippen molar-refractivity contribution in [2.75, 3.05) is 6.54 Å². The van der Waals surface area contributed by atoms with E-state index < -0.39 is 0 Å². The van der Waals surface area contributed by atoms with Gasteiger partial charge in [0, 0.05) is 18.2 Å². The van der Waals surface area contributed by atoms with E-state index in [4.69, 9.17) is 5.73 Å². The molecule has 5 heteroatoms. The van der Waals surface area contributed by atoms with Crippen molar-refractivity contribution in [1.82, 2.24) is 9.69 Å². The number of aromatic nitrogens is 1. The maximum atomic E-state index is 12.0. The predicted molar refractivity (Wildman–Crippen MR) is 80.6 cm³/mol. The normalized spacial score (nSPS) is 15.8. The first kappa shape index (κ1) is 13.3. The summed E-state index contributed by atoms with van der Waals surface area (Å²) in [4.78, 5) is 12.7. The average molecular weight is 287 g/mol. The number of carbonyl (C=O) groups is 1. The summed E-state index contributed by atoms with van der Waals surface area (Å²) >= 11 is 1.23. The van der Waals surface area contributed by atoms with Crippen molar-refractivity contribution >= 4 is 17.4 Å². The lowest BCUT2D eigenvalue weighted by Crippen LogP contribution is -2.38. The fraction of sp³-hybridized carbons (Fsp3) is 0.333. The highest BCUT2D eigenvalue weighted by atomic mass is 32.1. The maximum Gasteiger partial charge on any atom is 0.263 e. The molecule has 4 nitrogen and oxygen atoms in total. The van der Waals surface area contributed by atoms with Crippen molar-refractivity contribution in [3.8, 4) is 11.3 Å². The summed E-state index contributed by atoms with van der Waals surface area (Å²) in [6.45, 7) is 0.544. The topological polar surface area (TPSA) is 68.0 Å². The Hall–Kier alpha value is -1.72. The number of benzene rings is 1. The molecular weight excluding hydrogens is 270 g/mol. The van der Waals surface area contributed by atoms with Gasteiger partial charge in [-0.25, -0.2) is 0 Å². The van der Waals surface area contributed by atoms with Crippen LogP contribution in [0.2, 0.25) is 0 Å². The summed E-state index contributed by atoms with van der Waals surface area (Å²) < 4.78 is 4.33. The zero-order chi connectivity index (χ0) is 13.9. The van der Waals surface area contributed by atoms with Crippen LogP contribution in [0, 0.1) is 5.92 Å². The SMILES string of the molecule is NC(CNC(=O)c1cc(-c2ccccc2)ns1)C1CC1. The van der Waals surface area contributed by atoms with Crippen LogP contribution in [0.15, 0.2) is 36.4 Å². The van der Waals surface area contributed by atoms with Gasteiger partial charge in [0.25, 0.3) is 5.91 Å². The zero-order valence-electron chi connectivity index (χ0n) is 11.1. The second kappa shape index (κ2) is 5.73. The molecule has 3 rings (SSSR count). The maximum absolute atomic E-state index is 12.0. The van der Waals surface area contributed by atoms with Crippen LogP contribution in [0.1, 0.15) is 22.5 Å². The highest BCUT2D eigenvalue weighted by molar-refractivity contribution is 7.08. The molecule has 1 unspecified atom stereocenters. The van der Waals surface area contributed by atoms with E-state index in [1.54, 1.807) is 0 Å². The van der Waals surface area contributed by atoms with Gasteiger partial charge in [0.1, 0.15) is 4.88 Å². The Morgan fingerprint density at radius 1 is 1.40 bits per heavy atom. The molecule has 1 aromatic heterocycles. The van der Waals surface area contributed by atoms with Crippen LogP contribution in [0.25, 0.3) is 11.3 Å². The molecule has 1 aliphatic carbocycles. The number of carbonyl (C=O) groups excluding carboxylic acids is 1. The molecule has 0 radical (unpaired) electrons. The number of rotatable bonds is 5. The Morgan fingerprint density at radius 3 is 2.85 bits per heavy atom. The summed E-state index contributed by atoms with van der Waals surface area (Å²) in [5, 5.41) is 2.89. The van der Waals surface area contributed by atoms with Crippen LogP contribution in [-0.4, -0.2) is 22.9 Å². The predicted octanol–water partition coefficient (Wildman–Crippen LogP) is 2.28. The second-order valence-electron chi connectivity index (χ2n) is 5.15. The van der Waals surface area contributed by atoms with Crippen LogP contribution in [0.4, 0.5) is 0 Å². The van der Waals surface area contributed by atoms with E-state index in [9.17, 15) is 4.79 Å². The van der Waals surface area contributed by atoms with E-state index in [1.807, 2.05) is 36.4 Å². The van der Waals surface area contributed by atoms with Gasteiger partial charge in [0.05, 0.1) is 5.69 Å². The average Bonchev–Trinajstić information content (AvgIpc) is 3.22. The molecule has 1 fully saturated rings. The third kappa shape index (κ3) is 3.05. The first-order valence-corrected chi connectivity index (χ1v) is 7.57. The fourth-order valence-corrected chi connectivity index (χ4v) is 2.79. The van der Waals surface area contributed by atoms with Crippen LogP contribution in [0.3, 0.4) is 0 Å². The lowest BCUT2D eigenvalue weighted by molar-refractivity contribution is 0.0954. The Kier molecular flexibility index (Phi) is 3.80. The third-order valence-corrected chi connectivity index (χ3v) is 4.32. The summed E-state index contributed by atoms with van der Waals surface area (Å²) in [5.41, 5.74) is 7.84. The standard InChI is InChI=1S/C15H17N3OS/c16-12(10-6-7-10)9-17-15(19)14-8-13(18-20-14)11-4-2-1-3-5-11/h1-5,8,10,12H,6-7,9,16H2,(H,17,19). The molecule has 1 saturated carbocycles. The molecule has 0 bridgehead atoms. The first-order valence-electron chi connectivity index (χ1n) is 6.80. The van der Waals surface area contributed by atoms with E-state index in [0.29, 0.717) is 17.3 Å². The van der Waals surface area contributed by atoms with E-state index in [0.717, 1.165) is 11.3 Å². The van der Waals surface area contributed by atoms with Gasteiger partial charge in [-0.05, 0) is 36.4 Å². The lowest BCUT2D eigenvalue weighted by Gasteiger charge is -2.10. The van der Waals surface area contributed by atoms with Gasteiger partial charge in [-0.3, -0.25) is 4.79 Å². The quantitative estimate of drug-likeness (QED) is 0.886. The molecule has 0 spiro atoms. The number of amides is 1. The number of nitrogens with two attached hydrogens (primary N) is 1. The second-order valence-corrected chi connectivity index (χ2v) is 5.96. The number of nitrogens with one attached hydrogen (secondary N) is 1. The molecule has 20 heavy (non-hydrogen) atoms. The highest BCUT2D eigenvalue weighted by Gasteiger charge is 2.28. The van der Waals surface area contributed by atoms with Crippen molar-refractivity contribution in [2.45, 2.75) is 18.9 Å². The molecule has 1 amide bonds. The molecule has 1 aromatic carbocycles. The van der Waals surface area contributed by atoms with E-state index >= 15 is 0 Å². The molecular formula is C15H17N3OS. The van der Waals surface area contributed by atoms with E-state index in [2.05, 4.69) is 9.69 Å². The summed E-state index contributed by atoms with van der Waals surface area (Å²) in [5.74, 6) is 0.512. The molecule has 0 aliphatic heterocycles. The van der Waals surface area contributed by atoms with Gasteiger partial charge in [0.2, 0.25) is 0 Å². The third-order valence-electron chi connectivity index (χ3n) is 3.53. The monoisotopic (exact) mass is 287 g/mol. The largest absolute Gasteiger partial charge is 0.350 e. The smallest absolute Gasteiger partial charge is 0.263 e. The van der Waals surface area contributed by atoms with Crippen LogP contribution in [0.5, 0.6) is 0 Å². The summed E-state index contributed by atoms with van der Waals surface area (Å²) in [7, 11) is 0. The van der Waals surface area contributed by atoms with Crippen molar-refractivity contribution < 1.29 is 4.79 Å². The van der Waals surface area contributed by atoms with Crippen LogP contribution in [-0.2, 0) is 0 Å². The molecule has 104 valence electrons. The van der Waals surface area contributed by atoms with Gasteiger partial charge in [-0.1, -0.05) is 30.3 Å². The highest BCUT2D eigenvalue weighted by Crippen LogP contribution is 2.31. The molecule has 3 N–H and O–H groups in total. The molecule has 1 aliphatic rings. The van der Waals surface area contributed by atoms with E-state index in [1.165, 1.54) is 24.4 Å². The van der Waals surface area contributed by atoms with Gasteiger partial charge in [-0.15, -0.1) is 0 Å². The number of nitrogens with zero attached hydrogens (tertiary/aromatic N) is 1. The molecule has 2 aromatic rings. The first-order chi connectivity index (χ1) is 9.74. The fourth-order valence-electron chi connectivity index (χ4n) is 2.12. The molecule has 0 saturated heterocycles. The van der Waals surface area contributed by atoms with Crippen molar-refractivity contribution in [3.05, 3.63) is 41.3 Å². The Morgan fingerprint density at radius 2 is 2.15 bits per heavy atom. The van der Waals surface area contributed by atoms with Gasteiger partial charge >= 0.3 is 0 Å². The van der Waals surface area contributed by atoms with Crippen molar-refractivity contribution in [3.63, 3.8) is 0 Å². The van der Waals surface area contributed by atoms with E-state index in [-0.39, 0.29) is 11.9 Å². The minimum Gasteiger partial charge on any atom is -0.350 e. The minimum absolute atomic E-state index is 0.0826. The zero-order valence-corrected chi connectivity index (χ0v) is 11.9. The van der Waals surface area contributed by atoms with Crippen molar-refractivity contribution in [2.24, 2.45) is 11.7 Å². The van der Waals surface area contributed by atoms with Gasteiger partial charge < -0.3 is 11.1 Å². The van der Waals surface area contributed by atoms with Crippen LogP contribution >= 0.6 is 11.5 Å². The summed E-state index contributed by atoms with van der Waals surface area (Å²) in [6.07, 6.45) is 2.38. The minimum atomic E-state index is -0.0826. The Bertz CT molecular complexity index is 592. The number of hydrogen-bond acceptors (Lipinski definition) is 4. The Labute approximate surface area is 122 Å². The van der Waals surface area contributed by atoms with Crippen molar-refractivity contribution in [1.29, 1.82) is 0 Å². The lowest BCUT2D eigenvalue weighted by atomic mass is 10.1. The van der Waals surface area contributed by atoms with Crippen LogP contribution < -0.4 is 11.1 Å².